The third kappa shape index (κ3) is 5.16. The number of nitrogens with zero attached hydrogens (tertiary/aromatic N) is 3. The van der Waals surface area contributed by atoms with Crippen LogP contribution in [0.2, 0.25) is 0 Å². The number of nitrogens with two attached hydrogens (primary N) is 1. The van der Waals surface area contributed by atoms with Gasteiger partial charge in [0.25, 0.3) is 0 Å². The van der Waals surface area contributed by atoms with Crippen LogP contribution in [0.25, 0.3) is 0 Å². The molecule has 1 heterocycles. The van der Waals surface area contributed by atoms with Crippen LogP contribution in [0.4, 0.5) is 5.95 Å². The molecule has 0 saturated carbocycles. The molecule has 6 nitrogen and oxygen atoms in total. The van der Waals surface area contributed by atoms with Crippen molar-refractivity contribution in [1.29, 1.82) is 0 Å². The molecular weight excluding hydrogens is 232 g/mol. The van der Waals surface area contributed by atoms with Crippen LogP contribution in [0.5, 0.6) is 12.0 Å². The van der Waals surface area contributed by atoms with Crippen LogP contribution in [-0.4, -0.2) is 27.7 Å². The summed E-state index contributed by atoms with van der Waals surface area (Å²) in [6.07, 6.45) is 2.22. The molecule has 102 valence electrons. The molecule has 1 rings (SSSR count). The Morgan fingerprint density at radius 1 is 1.11 bits per heavy atom. The predicted octanol–water partition coefficient (Wildman–Crippen LogP) is 2.06. The second kappa shape index (κ2) is 6.98. The third-order valence-electron chi connectivity index (χ3n) is 2.23. The van der Waals surface area contributed by atoms with E-state index in [4.69, 9.17) is 15.2 Å². The number of nitrogen functional groups attached to an aromatic ring is 1. The fourth-order valence-corrected chi connectivity index (χ4v) is 1.47. The maximum absolute atomic E-state index is 5.58. The van der Waals surface area contributed by atoms with Crippen LogP contribution >= 0.6 is 0 Å². The minimum atomic E-state index is -0.0151. The number of aromatic nitrogens is 3. The van der Waals surface area contributed by atoms with Crippen molar-refractivity contribution < 1.29 is 9.47 Å². The highest BCUT2D eigenvalue weighted by atomic mass is 16.5. The minimum Gasteiger partial charge on any atom is -0.463 e. The normalized spacial score (nSPS) is 12.5. The summed E-state index contributed by atoms with van der Waals surface area (Å²) >= 11 is 0. The summed E-state index contributed by atoms with van der Waals surface area (Å²) in [5, 5.41) is 0. The summed E-state index contributed by atoms with van der Waals surface area (Å²) in [7, 11) is 0. The van der Waals surface area contributed by atoms with Crippen LogP contribution in [0.1, 0.15) is 40.5 Å². The Bertz CT molecular complexity index is 371. The largest absolute Gasteiger partial charge is 0.463 e. The number of anilines is 1. The molecule has 0 amide bonds. The second-order valence-corrected chi connectivity index (χ2v) is 4.63. The molecule has 0 aliphatic heterocycles. The van der Waals surface area contributed by atoms with Gasteiger partial charge in [-0.2, -0.15) is 9.97 Å². The Hall–Kier alpha value is -1.59. The van der Waals surface area contributed by atoms with Gasteiger partial charge >= 0.3 is 12.0 Å². The Labute approximate surface area is 108 Å². The molecule has 1 aromatic rings. The van der Waals surface area contributed by atoms with E-state index in [1.165, 1.54) is 0 Å². The molecule has 0 aromatic carbocycles. The molecule has 1 unspecified atom stereocenters. The van der Waals surface area contributed by atoms with Crippen molar-refractivity contribution in [2.45, 2.75) is 46.6 Å². The molecule has 1 atom stereocenters. The van der Waals surface area contributed by atoms with E-state index in [-0.39, 0.29) is 24.1 Å². The van der Waals surface area contributed by atoms with Crippen LogP contribution in [0.3, 0.4) is 0 Å². The zero-order valence-corrected chi connectivity index (χ0v) is 11.5. The van der Waals surface area contributed by atoms with Gasteiger partial charge in [-0.1, -0.05) is 20.3 Å². The summed E-state index contributed by atoms with van der Waals surface area (Å²) in [5.41, 5.74) is 5.58. The zero-order valence-electron chi connectivity index (χ0n) is 11.5. The van der Waals surface area contributed by atoms with E-state index in [0.717, 1.165) is 12.8 Å². The van der Waals surface area contributed by atoms with Gasteiger partial charge in [-0.15, -0.1) is 4.98 Å². The van der Waals surface area contributed by atoms with Crippen LogP contribution in [-0.2, 0) is 0 Å². The van der Waals surface area contributed by atoms with E-state index in [1.807, 2.05) is 13.8 Å². The van der Waals surface area contributed by atoms with Crippen molar-refractivity contribution in [1.82, 2.24) is 15.0 Å². The van der Waals surface area contributed by atoms with E-state index >= 15 is 0 Å². The van der Waals surface area contributed by atoms with Gasteiger partial charge in [0.05, 0.1) is 12.7 Å². The summed E-state index contributed by atoms with van der Waals surface area (Å²) in [6, 6.07) is 0.428. The maximum Gasteiger partial charge on any atom is 0.324 e. The van der Waals surface area contributed by atoms with Gasteiger partial charge in [-0.05, 0) is 26.2 Å². The molecule has 1 aromatic heterocycles. The Balaban J connectivity index is 2.62. The lowest BCUT2D eigenvalue weighted by molar-refractivity contribution is 0.203. The Morgan fingerprint density at radius 2 is 1.78 bits per heavy atom. The summed E-state index contributed by atoms with van der Waals surface area (Å²) < 4.78 is 10.9. The first-order valence-electron chi connectivity index (χ1n) is 6.32. The highest BCUT2D eigenvalue weighted by Gasteiger charge is 2.09. The van der Waals surface area contributed by atoms with Gasteiger partial charge < -0.3 is 15.2 Å². The van der Waals surface area contributed by atoms with Crippen molar-refractivity contribution in [3.8, 4) is 12.0 Å². The summed E-state index contributed by atoms with van der Waals surface area (Å²) in [5.74, 6) is 0.571. The van der Waals surface area contributed by atoms with E-state index in [1.54, 1.807) is 0 Å². The highest BCUT2D eigenvalue weighted by Crippen LogP contribution is 2.14. The van der Waals surface area contributed by atoms with Gasteiger partial charge in [0.1, 0.15) is 0 Å². The lowest BCUT2D eigenvalue weighted by Gasteiger charge is -2.12. The first-order chi connectivity index (χ1) is 8.51. The standard InChI is InChI=1S/C12H22N4O2/c1-5-6-9(4)7-17-11-14-10(13)15-12(16-11)18-8(2)3/h8-9H,5-7H2,1-4H3,(H2,13,14,15,16). The van der Waals surface area contributed by atoms with Crippen molar-refractivity contribution in [2.75, 3.05) is 12.3 Å². The van der Waals surface area contributed by atoms with Crippen molar-refractivity contribution >= 4 is 5.95 Å². The lowest BCUT2D eigenvalue weighted by atomic mass is 10.1. The molecular formula is C12H22N4O2. The molecule has 2 N–H and O–H groups in total. The molecule has 0 aliphatic carbocycles. The fourth-order valence-electron chi connectivity index (χ4n) is 1.47. The average Bonchev–Trinajstić information content (AvgIpc) is 2.25. The number of ether oxygens (including phenoxy) is 2. The molecule has 0 radical (unpaired) electrons. The predicted molar refractivity (Wildman–Crippen MR) is 69.6 cm³/mol. The van der Waals surface area contributed by atoms with Crippen molar-refractivity contribution in [2.24, 2.45) is 5.92 Å². The highest BCUT2D eigenvalue weighted by molar-refractivity contribution is 5.20. The number of rotatable bonds is 7. The van der Waals surface area contributed by atoms with Gasteiger partial charge in [-0.3, -0.25) is 0 Å². The molecule has 0 aliphatic rings. The maximum atomic E-state index is 5.58. The minimum absolute atomic E-state index is 0.0151. The zero-order chi connectivity index (χ0) is 13.5. The van der Waals surface area contributed by atoms with E-state index in [0.29, 0.717) is 12.5 Å². The number of hydrogen-bond acceptors (Lipinski definition) is 6. The van der Waals surface area contributed by atoms with E-state index in [9.17, 15) is 0 Å². The molecule has 18 heavy (non-hydrogen) atoms. The monoisotopic (exact) mass is 254 g/mol. The van der Waals surface area contributed by atoms with Crippen LogP contribution in [0.15, 0.2) is 0 Å². The Kier molecular flexibility index (Phi) is 5.61. The second-order valence-electron chi connectivity index (χ2n) is 4.63. The average molecular weight is 254 g/mol. The van der Waals surface area contributed by atoms with Crippen LogP contribution in [0, 0.1) is 5.92 Å². The van der Waals surface area contributed by atoms with Crippen molar-refractivity contribution in [3.05, 3.63) is 0 Å². The van der Waals surface area contributed by atoms with Gasteiger partial charge in [0.15, 0.2) is 0 Å². The van der Waals surface area contributed by atoms with E-state index in [2.05, 4.69) is 28.8 Å². The Morgan fingerprint density at radius 3 is 2.39 bits per heavy atom. The van der Waals surface area contributed by atoms with Crippen LogP contribution < -0.4 is 15.2 Å². The van der Waals surface area contributed by atoms with Crippen molar-refractivity contribution in [3.63, 3.8) is 0 Å². The molecule has 0 bridgehead atoms. The quantitative estimate of drug-likeness (QED) is 0.801. The first kappa shape index (κ1) is 14.5. The summed E-state index contributed by atoms with van der Waals surface area (Å²) in [4.78, 5) is 11.9. The molecule has 6 heteroatoms. The lowest BCUT2D eigenvalue weighted by Crippen LogP contribution is -2.14. The number of hydrogen-bond donors (Lipinski definition) is 1. The van der Waals surface area contributed by atoms with Gasteiger partial charge in [0, 0.05) is 0 Å². The van der Waals surface area contributed by atoms with Gasteiger partial charge in [-0.25, -0.2) is 0 Å². The molecule has 0 spiro atoms. The topological polar surface area (TPSA) is 83.2 Å². The van der Waals surface area contributed by atoms with Gasteiger partial charge in [0.2, 0.25) is 5.95 Å². The summed E-state index contributed by atoms with van der Waals surface area (Å²) in [6.45, 7) is 8.62. The first-order valence-corrected chi connectivity index (χ1v) is 6.32. The molecule has 0 saturated heterocycles. The van der Waals surface area contributed by atoms with E-state index < -0.39 is 0 Å². The fraction of sp³-hybridized carbons (Fsp3) is 0.750. The SMILES string of the molecule is CCCC(C)COc1nc(N)nc(OC(C)C)n1. The third-order valence-corrected chi connectivity index (χ3v) is 2.23. The smallest absolute Gasteiger partial charge is 0.324 e. The molecule has 0 fully saturated rings.